The first kappa shape index (κ1) is 18.1. The normalized spacial score (nSPS) is 18.6. The molecule has 0 aromatic heterocycles. The lowest BCUT2D eigenvalue weighted by Crippen LogP contribution is -2.45. The van der Waals surface area contributed by atoms with Gasteiger partial charge in [-0.1, -0.05) is 43.2 Å². The summed E-state index contributed by atoms with van der Waals surface area (Å²) in [7, 11) is 0. The predicted octanol–water partition coefficient (Wildman–Crippen LogP) is 4.14. The van der Waals surface area contributed by atoms with Gasteiger partial charge in [-0.05, 0) is 42.7 Å². The maximum Gasteiger partial charge on any atom is 0.227 e. The molecule has 1 N–H and O–H groups in total. The molecule has 0 unspecified atom stereocenters. The van der Waals surface area contributed by atoms with Crippen LogP contribution < -0.4 is 10.2 Å². The van der Waals surface area contributed by atoms with Crippen LogP contribution in [0.25, 0.3) is 0 Å². The number of benzene rings is 2. The maximum absolute atomic E-state index is 12.2. The van der Waals surface area contributed by atoms with Crippen LogP contribution in [0.5, 0.6) is 0 Å². The number of nitrogens with zero attached hydrogens (tertiary/aromatic N) is 2. The van der Waals surface area contributed by atoms with Gasteiger partial charge in [0, 0.05) is 50.0 Å². The second kappa shape index (κ2) is 8.57. The van der Waals surface area contributed by atoms with E-state index >= 15 is 0 Å². The minimum absolute atomic E-state index is 0.192. The van der Waals surface area contributed by atoms with Gasteiger partial charge in [0.25, 0.3) is 0 Å². The first-order valence-corrected chi connectivity index (χ1v) is 10.2. The van der Waals surface area contributed by atoms with Crippen LogP contribution in [-0.4, -0.2) is 37.0 Å². The van der Waals surface area contributed by atoms with Crippen molar-refractivity contribution in [1.82, 2.24) is 4.90 Å². The van der Waals surface area contributed by atoms with Crippen molar-refractivity contribution in [1.29, 1.82) is 0 Å². The van der Waals surface area contributed by atoms with E-state index in [2.05, 4.69) is 57.6 Å². The monoisotopic (exact) mass is 363 g/mol. The zero-order valence-corrected chi connectivity index (χ0v) is 15.9. The van der Waals surface area contributed by atoms with Gasteiger partial charge in [0.2, 0.25) is 5.91 Å². The molecule has 2 aromatic rings. The summed E-state index contributed by atoms with van der Waals surface area (Å²) in [6.45, 7) is 5.27. The number of carbonyl (C=O) groups excluding carboxylic acids is 1. The second-order valence-electron chi connectivity index (χ2n) is 7.77. The molecule has 142 valence electrons. The third kappa shape index (κ3) is 4.69. The number of amides is 1. The highest BCUT2D eigenvalue weighted by Gasteiger charge is 2.22. The van der Waals surface area contributed by atoms with Gasteiger partial charge in [0.15, 0.2) is 0 Å². The standard InChI is InChI=1S/C23H29N3O/c27-23(20-6-4-5-7-20)24-21-12-10-19(11-13-21)18-25-14-16-26(17-15-25)22-8-2-1-3-9-22/h1-3,8-13,20H,4-7,14-18H2,(H,24,27). The highest BCUT2D eigenvalue weighted by molar-refractivity contribution is 5.92. The van der Waals surface area contributed by atoms with Gasteiger partial charge in [-0.15, -0.1) is 0 Å². The van der Waals surface area contributed by atoms with Crippen molar-refractivity contribution in [3.63, 3.8) is 0 Å². The third-order valence-corrected chi connectivity index (χ3v) is 5.85. The van der Waals surface area contributed by atoms with E-state index in [1.165, 1.54) is 24.1 Å². The summed E-state index contributed by atoms with van der Waals surface area (Å²) in [4.78, 5) is 17.2. The van der Waals surface area contributed by atoms with Crippen molar-refractivity contribution >= 4 is 17.3 Å². The highest BCUT2D eigenvalue weighted by atomic mass is 16.1. The van der Waals surface area contributed by atoms with Gasteiger partial charge < -0.3 is 10.2 Å². The van der Waals surface area contributed by atoms with E-state index in [1.54, 1.807) is 0 Å². The lowest BCUT2D eigenvalue weighted by molar-refractivity contribution is -0.119. The number of piperazine rings is 1. The molecular weight excluding hydrogens is 334 g/mol. The van der Waals surface area contributed by atoms with Crippen molar-refractivity contribution in [2.45, 2.75) is 32.2 Å². The average molecular weight is 364 g/mol. The van der Waals surface area contributed by atoms with E-state index in [9.17, 15) is 4.79 Å². The Hall–Kier alpha value is -2.33. The lowest BCUT2D eigenvalue weighted by atomic mass is 10.1. The van der Waals surface area contributed by atoms with Crippen molar-refractivity contribution in [2.24, 2.45) is 5.92 Å². The lowest BCUT2D eigenvalue weighted by Gasteiger charge is -2.36. The van der Waals surface area contributed by atoms with E-state index in [0.29, 0.717) is 0 Å². The number of hydrogen-bond donors (Lipinski definition) is 1. The molecule has 0 radical (unpaired) electrons. The Bertz CT molecular complexity index is 730. The Morgan fingerprint density at radius 1 is 0.889 bits per heavy atom. The van der Waals surface area contributed by atoms with E-state index < -0.39 is 0 Å². The Kier molecular flexibility index (Phi) is 5.73. The molecule has 1 aliphatic carbocycles. The summed E-state index contributed by atoms with van der Waals surface area (Å²) in [6, 6.07) is 19.0. The summed E-state index contributed by atoms with van der Waals surface area (Å²) in [5, 5.41) is 3.08. The minimum Gasteiger partial charge on any atom is -0.369 e. The molecule has 27 heavy (non-hydrogen) atoms. The van der Waals surface area contributed by atoms with Crippen LogP contribution in [0.3, 0.4) is 0 Å². The fourth-order valence-corrected chi connectivity index (χ4v) is 4.19. The Balaban J connectivity index is 1.26. The molecule has 4 nitrogen and oxygen atoms in total. The van der Waals surface area contributed by atoms with Gasteiger partial charge in [-0.3, -0.25) is 9.69 Å². The SMILES string of the molecule is O=C(Nc1ccc(CN2CCN(c3ccccc3)CC2)cc1)C1CCCC1. The van der Waals surface area contributed by atoms with Crippen LogP contribution in [0.2, 0.25) is 0 Å². The van der Waals surface area contributed by atoms with E-state index in [0.717, 1.165) is 51.3 Å². The third-order valence-electron chi connectivity index (χ3n) is 5.85. The van der Waals surface area contributed by atoms with Crippen LogP contribution in [0, 0.1) is 5.92 Å². The quantitative estimate of drug-likeness (QED) is 0.867. The van der Waals surface area contributed by atoms with Crippen LogP contribution in [-0.2, 0) is 11.3 Å². The molecule has 2 aliphatic rings. The molecule has 0 bridgehead atoms. The molecule has 2 fully saturated rings. The number of carbonyl (C=O) groups is 1. The molecule has 0 spiro atoms. The Morgan fingerprint density at radius 3 is 2.22 bits per heavy atom. The second-order valence-corrected chi connectivity index (χ2v) is 7.77. The Morgan fingerprint density at radius 2 is 1.56 bits per heavy atom. The van der Waals surface area contributed by atoms with Gasteiger partial charge in [0.1, 0.15) is 0 Å². The molecule has 4 heteroatoms. The molecular formula is C23H29N3O. The zero-order valence-electron chi connectivity index (χ0n) is 15.9. The molecule has 1 saturated carbocycles. The summed E-state index contributed by atoms with van der Waals surface area (Å²) in [5.74, 6) is 0.405. The molecule has 4 rings (SSSR count). The fourth-order valence-electron chi connectivity index (χ4n) is 4.19. The number of rotatable bonds is 5. The van der Waals surface area contributed by atoms with Gasteiger partial charge in [0.05, 0.1) is 0 Å². The van der Waals surface area contributed by atoms with E-state index in [-0.39, 0.29) is 11.8 Å². The molecule has 1 saturated heterocycles. The van der Waals surface area contributed by atoms with Gasteiger partial charge in [-0.2, -0.15) is 0 Å². The van der Waals surface area contributed by atoms with Crippen LogP contribution in [0.15, 0.2) is 54.6 Å². The number of para-hydroxylation sites is 1. The molecule has 1 heterocycles. The number of anilines is 2. The largest absolute Gasteiger partial charge is 0.369 e. The molecule has 1 aliphatic heterocycles. The Labute approximate surface area is 162 Å². The summed E-state index contributed by atoms with van der Waals surface area (Å²) < 4.78 is 0. The van der Waals surface area contributed by atoms with Crippen molar-refractivity contribution in [3.05, 3.63) is 60.2 Å². The maximum atomic E-state index is 12.2. The number of hydrogen-bond acceptors (Lipinski definition) is 3. The molecule has 1 amide bonds. The van der Waals surface area contributed by atoms with Crippen LogP contribution in [0.1, 0.15) is 31.2 Å². The topological polar surface area (TPSA) is 35.6 Å². The van der Waals surface area contributed by atoms with Gasteiger partial charge in [-0.25, -0.2) is 0 Å². The first-order chi connectivity index (χ1) is 13.3. The first-order valence-electron chi connectivity index (χ1n) is 10.2. The number of nitrogens with one attached hydrogen (secondary N) is 1. The predicted molar refractivity (Wildman–Crippen MR) is 111 cm³/mol. The van der Waals surface area contributed by atoms with Crippen molar-refractivity contribution in [3.8, 4) is 0 Å². The van der Waals surface area contributed by atoms with Crippen molar-refractivity contribution < 1.29 is 4.79 Å². The highest BCUT2D eigenvalue weighted by Crippen LogP contribution is 2.26. The zero-order chi connectivity index (χ0) is 18.5. The van der Waals surface area contributed by atoms with Gasteiger partial charge >= 0.3 is 0 Å². The minimum atomic E-state index is 0.192. The van der Waals surface area contributed by atoms with Crippen LogP contribution in [0.4, 0.5) is 11.4 Å². The summed E-state index contributed by atoms with van der Waals surface area (Å²) >= 11 is 0. The van der Waals surface area contributed by atoms with Crippen molar-refractivity contribution in [2.75, 3.05) is 36.4 Å². The summed E-state index contributed by atoms with van der Waals surface area (Å²) in [6.07, 6.45) is 4.46. The fraction of sp³-hybridized carbons (Fsp3) is 0.435. The van der Waals surface area contributed by atoms with E-state index in [4.69, 9.17) is 0 Å². The van der Waals surface area contributed by atoms with E-state index in [1.807, 2.05) is 12.1 Å². The smallest absolute Gasteiger partial charge is 0.227 e. The average Bonchev–Trinajstić information content (AvgIpc) is 3.26. The molecule has 2 aromatic carbocycles. The van der Waals surface area contributed by atoms with Crippen LogP contribution >= 0.6 is 0 Å². The summed E-state index contributed by atoms with van der Waals surface area (Å²) in [5.41, 5.74) is 3.55. The molecule has 0 atom stereocenters.